The molecule has 1 fully saturated rings. The van der Waals surface area contributed by atoms with Gasteiger partial charge in [-0.25, -0.2) is 4.98 Å². The number of H-pyrrole nitrogens is 1. The fraction of sp³-hybridized carbons (Fsp3) is 0.760. The van der Waals surface area contributed by atoms with Crippen LogP contribution in [0.3, 0.4) is 0 Å². The summed E-state index contributed by atoms with van der Waals surface area (Å²) < 4.78 is 1.75. The first-order valence-corrected chi connectivity index (χ1v) is 15.7. The number of nitrogens with zero attached hydrogens (tertiary/aromatic N) is 3. The molecule has 0 spiro atoms. The Labute approximate surface area is 217 Å². The fourth-order valence-corrected chi connectivity index (χ4v) is 7.36. The molecule has 2 aromatic rings. The number of imidazole rings is 1. The normalized spacial score (nSPS) is 15.6. The highest BCUT2D eigenvalue weighted by Gasteiger charge is 2.15. The van der Waals surface area contributed by atoms with Crippen molar-refractivity contribution in [2.45, 2.75) is 95.1 Å². The van der Waals surface area contributed by atoms with Gasteiger partial charge in [0.15, 0.2) is 11.2 Å². The zero-order valence-corrected chi connectivity index (χ0v) is 22.8. The van der Waals surface area contributed by atoms with Gasteiger partial charge in [0.05, 0.1) is 6.33 Å². The third-order valence-electron chi connectivity index (χ3n) is 6.45. The summed E-state index contributed by atoms with van der Waals surface area (Å²) in [6, 6.07) is 0. The van der Waals surface area contributed by atoms with Gasteiger partial charge in [-0.15, -0.1) is 0 Å². The number of nitrogens with one attached hydrogen (secondary N) is 3. The Morgan fingerprint density at radius 1 is 1.06 bits per heavy atom. The summed E-state index contributed by atoms with van der Waals surface area (Å²) in [4.78, 5) is 35.2. The second kappa shape index (κ2) is 16.1. The van der Waals surface area contributed by atoms with Crippen LogP contribution in [-0.2, 0) is 11.8 Å². The number of aromatic nitrogens is 4. The molecule has 0 aliphatic carbocycles. The molecule has 1 saturated heterocycles. The smallest absolute Gasteiger partial charge is 0.280 e. The van der Waals surface area contributed by atoms with Crippen molar-refractivity contribution >= 4 is 44.6 Å². The van der Waals surface area contributed by atoms with Crippen molar-refractivity contribution in [1.82, 2.24) is 24.8 Å². The number of hydrogen-bond acceptors (Lipinski definition) is 7. The molecule has 8 nitrogen and oxygen atoms in total. The lowest BCUT2D eigenvalue weighted by Gasteiger charge is -2.08. The first kappa shape index (κ1) is 27.9. The van der Waals surface area contributed by atoms with E-state index in [9.17, 15) is 9.59 Å². The maximum Gasteiger partial charge on any atom is 0.280 e. The highest BCUT2D eigenvalue weighted by molar-refractivity contribution is 8.77. The molecule has 35 heavy (non-hydrogen) atoms. The molecule has 196 valence electrons. The number of rotatable bonds is 18. The predicted molar refractivity (Wildman–Crippen MR) is 149 cm³/mol. The van der Waals surface area contributed by atoms with Crippen LogP contribution in [0.1, 0.15) is 89.9 Å². The monoisotopic (exact) mass is 522 g/mol. The van der Waals surface area contributed by atoms with Crippen LogP contribution in [0.15, 0.2) is 11.1 Å². The predicted octanol–water partition coefficient (Wildman–Crippen LogP) is 5.41. The van der Waals surface area contributed by atoms with Gasteiger partial charge in [0, 0.05) is 37.6 Å². The largest absolute Gasteiger partial charge is 0.356 e. The molecule has 1 atom stereocenters. The lowest BCUT2D eigenvalue weighted by molar-refractivity contribution is -0.121. The molecular formula is C25H42N6O2S2. The minimum absolute atomic E-state index is 0.205. The minimum Gasteiger partial charge on any atom is -0.356 e. The zero-order valence-electron chi connectivity index (χ0n) is 21.2. The summed E-state index contributed by atoms with van der Waals surface area (Å²) in [5.41, 5.74) is 0.771. The van der Waals surface area contributed by atoms with Crippen LogP contribution in [0.2, 0.25) is 0 Å². The Kier molecular flexibility index (Phi) is 12.9. The number of aryl methyl sites for hydroxylation is 1. The van der Waals surface area contributed by atoms with Gasteiger partial charge in [0.1, 0.15) is 0 Å². The number of hydrogen-bond donors (Lipinski definition) is 3. The van der Waals surface area contributed by atoms with Crippen LogP contribution in [0.25, 0.3) is 11.2 Å². The summed E-state index contributed by atoms with van der Waals surface area (Å²) in [6.07, 6.45) is 18.0. The lowest BCUT2D eigenvalue weighted by Crippen LogP contribution is -2.24. The van der Waals surface area contributed by atoms with Gasteiger partial charge in [-0.2, -0.15) is 4.98 Å². The molecule has 3 rings (SSSR count). The van der Waals surface area contributed by atoms with E-state index >= 15 is 0 Å². The van der Waals surface area contributed by atoms with Crippen LogP contribution >= 0.6 is 21.6 Å². The molecule has 3 N–H and O–H groups in total. The molecular weight excluding hydrogens is 480 g/mol. The summed E-state index contributed by atoms with van der Waals surface area (Å²) in [5.74, 6) is 2.04. The van der Waals surface area contributed by atoms with Crippen LogP contribution in [-0.4, -0.2) is 49.5 Å². The zero-order chi connectivity index (χ0) is 24.7. The first-order chi connectivity index (χ1) is 17.1. The van der Waals surface area contributed by atoms with Crippen molar-refractivity contribution in [3.63, 3.8) is 0 Å². The molecule has 3 heterocycles. The quantitative estimate of drug-likeness (QED) is 0.178. The van der Waals surface area contributed by atoms with Crippen molar-refractivity contribution < 1.29 is 4.79 Å². The van der Waals surface area contributed by atoms with E-state index < -0.39 is 0 Å². The van der Waals surface area contributed by atoms with Crippen molar-refractivity contribution in [2.24, 2.45) is 7.05 Å². The molecule has 1 aliphatic rings. The average Bonchev–Trinajstić information content (AvgIpc) is 3.50. The third-order valence-corrected chi connectivity index (χ3v) is 9.45. The molecule has 1 aliphatic heterocycles. The summed E-state index contributed by atoms with van der Waals surface area (Å²) in [7, 11) is 5.86. The Morgan fingerprint density at radius 3 is 2.49 bits per heavy atom. The van der Waals surface area contributed by atoms with Gasteiger partial charge in [0.25, 0.3) is 5.56 Å². The Bertz CT molecular complexity index is 942. The molecule has 2 aromatic heterocycles. The number of carbonyl (C=O) groups excluding carboxylic acids is 1. The maximum absolute atomic E-state index is 12.0. The molecule has 0 bridgehead atoms. The van der Waals surface area contributed by atoms with E-state index in [0.29, 0.717) is 23.5 Å². The molecule has 0 radical (unpaired) electrons. The summed E-state index contributed by atoms with van der Waals surface area (Å²) in [5, 5.41) is 7.13. The number of anilines is 1. The third kappa shape index (κ3) is 10.5. The standard InChI is InChI=1S/C25H42N6O2S2/c1-31-19-28-22-23(31)29-25(30-24(22)33)27-17-12-8-6-4-2-3-5-7-11-16-26-21(32)14-10-9-13-20-15-18-34-35-20/h19-20H,2-18H2,1H3,(H,26,32)(H2,27,29,30,33). The number of carbonyl (C=O) groups is 1. The molecule has 0 saturated carbocycles. The lowest BCUT2D eigenvalue weighted by atomic mass is 10.1. The SMILES string of the molecule is Cn1cnc2c(=O)[nH]c(NCCCCCCCCCCCNC(=O)CCCCC3CCSS3)nc21. The van der Waals surface area contributed by atoms with Crippen molar-refractivity contribution in [3.8, 4) is 0 Å². The van der Waals surface area contributed by atoms with E-state index in [1.54, 1.807) is 10.9 Å². The van der Waals surface area contributed by atoms with Crippen molar-refractivity contribution in [2.75, 3.05) is 24.2 Å². The molecule has 1 unspecified atom stereocenters. The van der Waals surface area contributed by atoms with Gasteiger partial charge in [-0.05, 0) is 32.1 Å². The van der Waals surface area contributed by atoms with Crippen LogP contribution in [0, 0.1) is 0 Å². The molecule has 1 amide bonds. The van der Waals surface area contributed by atoms with Gasteiger partial charge < -0.3 is 15.2 Å². The van der Waals surface area contributed by atoms with Gasteiger partial charge in [-0.3, -0.25) is 14.6 Å². The Balaban J connectivity index is 1.07. The van der Waals surface area contributed by atoms with E-state index in [4.69, 9.17) is 0 Å². The van der Waals surface area contributed by atoms with Crippen molar-refractivity contribution in [1.29, 1.82) is 0 Å². The van der Waals surface area contributed by atoms with E-state index in [1.807, 2.05) is 28.6 Å². The molecule has 0 aromatic carbocycles. The van der Waals surface area contributed by atoms with E-state index in [2.05, 4.69) is 25.6 Å². The minimum atomic E-state index is -0.205. The Hall–Kier alpha value is -1.68. The van der Waals surface area contributed by atoms with Crippen LogP contribution < -0.4 is 16.2 Å². The number of fused-ring (bicyclic) bond motifs is 1. The fourth-order valence-electron chi connectivity index (χ4n) is 4.33. The Morgan fingerprint density at radius 2 is 1.77 bits per heavy atom. The number of aromatic amines is 1. The van der Waals surface area contributed by atoms with E-state index in [1.165, 1.54) is 70.0 Å². The summed E-state index contributed by atoms with van der Waals surface area (Å²) >= 11 is 0. The van der Waals surface area contributed by atoms with E-state index in [-0.39, 0.29) is 11.5 Å². The van der Waals surface area contributed by atoms with E-state index in [0.717, 1.165) is 37.6 Å². The first-order valence-electron chi connectivity index (χ1n) is 13.3. The molecule has 10 heteroatoms. The maximum atomic E-state index is 12.0. The number of unbranched alkanes of at least 4 members (excludes halogenated alkanes) is 9. The second-order valence-electron chi connectivity index (χ2n) is 9.48. The van der Waals surface area contributed by atoms with Gasteiger partial charge in [-0.1, -0.05) is 73.0 Å². The van der Waals surface area contributed by atoms with Crippen LogP contribution in [0.4, 0.5) is 5.95 Å². The topological polar surface area (TPSA) is 105 Å². The highest BCUT2D eigenvalue weighted by atomic mass is 33.1. The van der Waals surface area contributed by atoms with Crippen LogP contribution in [0.5, 0.6) is 0 Å². The second-order valence-corrected chi connectivity index (χ2v) is 12.3. The van der Waals surface area contributed by atoms with Gasteiger partial charge in [0.2, 0.25) is 11.9 Å². The highest BCUT2D eigenvalue weighted by Crippen LogP contribution is 2.39. The number of amides is 1. The average molecular weight is 523 g/mol. The van der Waals surface area contributed by atoms with Gasteiger partial charge >= 0.3 is 0 Å². The van der Waals surface area contributed by atoms with Crippen molar-refractivity contribution in [3.05, 3.63) is 16.7 Å². The summed E-state index contributed by atoms with van der Waals surface area (Å²) in [6.45, 7) is 1.63.